The van der Waals surface area contributed by atoms with Crippen molar-refractivity contribution in [1.29, 1.82) is 0 Å². The van der Waals surface area contributed by atoms with Crippen LogP contribution in [0, 0.1) is 0 Å². The van der Waals surface area contributed by atoms with E-state index in [1.807, 2.05) is 0 Å². The molecule has 0 fully saturated rings. The van der Waals surface area contributed by atoms with Gasteiger partial charge in [-0.15, -0.1) is 0 Å². The maximum atomic E-state index is 5.18. The fourth-order valence-corrected chi connectivity index (χ4v) is 1.23. The van der Waals surface area contributed by atoms with E-state index < -0.39 is 0 Å². The number of hydrogen-bond donors (Lipinski definition) is 1. The predicted octanol–water partition coefficient (Wildman–Crippen LogP) is 1.01. The van der Waals surface area contributed by atoms with Gasteiger partial charge < -0.3 is 20.1 Å². The Morgan fingerprint density at radius 1 is 1.07 bits per heavy atom. The third kappa shape index (κ3) is 2.31. The molecule has 0 saturated heterocycles. The molecule has 2 N–H and O–H groups in total. The smallest absolute Gasteiger partial charge is 0.135 e. The van der Waals surface area contributed by atoms with Gasteiger partial charge in [0.25, 0.3) is 0 Å². The zero-order valence-corrected chi connectivity index (χ0v) is 8.98. The monoisotopic (exact) mass is 210 g/mol. The molecule has 0 radical (unpaired) electrons. The number of hydrazone groups is 1. The number of ether oxygens (including phenoxy) is 3. The zero-order chi connectivity index (χ0) is 11.3. The van der Waals surface area contributed by atoms with Crippen molar-refractivity contribution in [3.05, 3.63) is 17.7 Å². The topological polar surface area (TPSA) is 66.1 Å². The maximum Gasteiger partial charge on any atom is 0.135 e. The molecule has 0 atom stereocenters. The molecule has 0 unspecified atom stereocenters. The van der Waals surface area contributed by atoms with E-state index in [-0.39, 0.29) is 0 Å². The third-order valence-corrected chi connectivity index (χ3v) is 1.96. The molecule has 5 heteroatoms. The fraction of sp³-hybridized carbons (Fsp3) is 0.300. The largest absolute Gasteiger partial charge is 0.496 e. The molecule has 0 heterocycles. The van der Waals surface area contributed by atoms with Crippen LogP contribution in [-0.2, 0) is 0 Å². The third-order valence-electron chi connectivity index (χ3n) is 1.96. The van der Waals surface area contributed by atoms with Crippen LogP contribution < -0.4 is 20.1 Å². The second-order valence-corrected chi connectivity index (χ2v) is 2.72. The molecule has 0 aliphatic heterocycles. The van der Waals surface area contributed by atoms with Crippen molar-refractivity contribution in [2.75, 3.05) is 21.3 Å². The van der Waals surface area contributed by atoms with E-state index in [0.29, 0.717) is 22.8 Å². The van der Waals surface area contributed by atoms with Crippen LogP contribution in [0.15, 0.2) is 17.2 Å². The van der Waals surface area contributed by atoms with Gasteiger partial charge in [0.2, 0.25) is 0 Å². The number of methoxy groups -OCH3 is 3. The molecule has 1 aromatic rings. The molecule has 1 rings (SSSR count). The quantitative estimate of drug-likeness (QED) is 0.457. The Balaban J connectivity index is 3.32. The van der Waals surface area contributed by atoms with Crippen LogP contribution in [0.3, 0.4) is 0 Å². The van der Waals surface area contributed by atoms with Crippen LogP contribution in [0.5, 0.6) is 17.2 Å². The van der Waals surface area contributed by atoms with Gasteiger partial charge in [-0.1, -0.05) is 0 Å². The van der Waals surface area contributed by atoms with E-state index in [0.717, 1.165) is 0 Å². The van der Waals surface area contributed by atoms with Crippen molar-refractivity contribution in [3.63, 3.8) is 0 Å². The van der Waals surface area contributed by atoms with E-state index >= 15 is 0 Å². The highest BCUT2D eigenvalue weighted by Crippen LogP contribution is 2.32. The SMILES string of the molecule is COc1cc(OC)c(C=NN)c(OC)c1. The normalized spacial score (nSPS) is 10.3. The van der Waals surface area contributed by atoms with E-state index in [1.165, 1.54) is 6.21 Å². The van der Waals surface area contributed by atoms with Gasteiger partial charge in [0, 0.05) is 12.1 Å². The second kappa shape index (κ2) is 5.09. The summed E-state index contributed by atoms with van der Waals surface area (Å²) in [6.07, 6.45) is 1.47. The molecule has 0 aliphatic rings. The first kappa shape index (κ1) is 11.2. The molecule has 5 nitrogen and oxygen atoms in total. The van der Waals surface area contributed by atoms with E-state index in [9.17, 15) is 0 Å². The number of nitrogens with two attached hydrogens (primary N) is 1. The average Bonchev–Trinajstić information content (AvgIpc) is 2.29. The summed E-state index contributed by atoms with van der Waals surface area (Å²) in [5, 5.41) is 3.45. The number of benzene rings is 1. The summed E-state index contributed by atoms with van der Waals surface area (Å²) in [5.74, 6) is 6.95. The van der Waals surface area contributed by atoms with Crippen LogP contribution in [0.4, 0.5) is 0 Å². The molecule has 1 aromatic carbocycles. The summed E-state index contributed by atoms with van der Waals surface area (Å²) >= 11 is 0. The summed E-state index contributed by atoms with van der Waals surface area (Å²) in [6.45, 7) is 0. The van der Waals surface area contributed by atoms with Crippen molar-refractivity contribution in [1.82, 2.24) is 0 Å². The van der Waals surface area contributed by atoms with E-state index in [2.05, 4.69) is 5.10 Å². The van der Waals surface area contributed by atoms with Gasteiger partial charge in [-0.3, -0.25) is 0 Å². The number of hydrogen-bond acceptors (Lipinski definition) is 5. The molecule has 0 bridgehead atoms. The van der Waals surface area contributed by atoms with Gasteiger partial charge in [0.05, 0.1) is 33.1 Å². The lowest BCUT2D eigenvalue weighted by molar-refractivity contribution is 0.374. The zero-order valence-electron chi connectivity index (χ0n) is 8.98. The minimum Gasteiger partial charge on any atom is -0.496 e. The Hall–Kier alpha value is -1.91. The predicted molar refractivity (Wildman–Crippen MR) is 57.9 cm³/mol. The standard InChI is InChI=1S/C10H14N2O3/c1-13-7-4-9(14-2)8(6-12-11)10(5-7)15-3/h4-6H,11H2,1-3H3. The summed E-state index contributed by atoms with van der Waals surface area (Å²) in [4.78, 5) is 0. The molecule has 82 valence electrons. The van der Waals surface area contributed by atoms with Crippen LogP contribution in [-0.4, -0.2) is 27.5 Å². The first-order chi connectivity index (χ1) is 7.26. The van der Waals surface area contributed by atoms with Crippen molar-refractivity contribution in [2.45, 2.75) is 0 Å². The van der Waals surface area contributed by atoms with Crippen LogP contribution in [0.2, 0.25) is 0 Å². The van der Waals surface area contributed by atoms with Gasteiger partial charge >= 0.3 is 0 Å². The summed E-state index contributed by atoms with van der Waals surface area (Å²) in [6, 6.07) is 3.47. The van der Waals surface area contributed by atoms with Crippen molar-refractivity contribution < 1.29 is 14.2 Å². The Morgan fingerprint density at radius 2 is 1.60 bits per heavy atom. The highest BCUT2D eigenvalue weighted by Gasteiger charge is 2.10. The molecule has 15 heavy (non-hydrogen) atoms. The molecule has 0 aliphatic carbocycles. The van der Waals surface area contributed by atoms with E-state index in [4.69, 9.17) is 20.1 Å². The molecule has 0 aromatic heterocycles. The van der Waals surface area contributed by atoms with Gasteiger partial charge in [-0.2, -0.15) is 5.10 Å². The van der Waals surface area contributed by atoms with Crippen LogP contribution in [0.1, 0.15) is 5.56 Å². The van der Waals surface area contributed by atoms with E-state index in [1.54, 1.807) is 33.5 Å². The first-order valence-corrected chi connectivity index (χ1v) is 4.30. The summed E-state index contributed by atoms with van der Waals surface area (Å²) in [5.41, 5.74) is 0.684. The minimum atomic E-state index is 0.598. The highest BCUT2D eigenvalue weighted by atomic mass is 16.5. The van der Waals surface area contributed by atoms with Gasteiger partial charge in [0.15, 0.2) is 0 Å². The average molecular weight is 210 g/mol. The van der Waals surface area contributed by atoms with Gasteiger partial charge in [-0.05, 0) is 0 Å². The molecular weight excluding hydrogens is 196 g/mol. The van der Waals surface area contributed by atoms with Gasteiger partial charge in [-0.25, -0.2) is 0 Å². The van der Waals surface area contributed by atoms with Gasteiger partial charge in [0.1, 0.15) is 17.2 Å². The lowest BCUT2D eigenvalue weighted by Gasteiger charge is -2.11. The lowest BCUT2D eigenvalue weighted by Crippen LogP contribution is -1.98. The summed E-state index contributed by atoms with van der Waals surface area (Å²) in [7, 11) is 4.69. The molecule has 0 amide bonds. The summed E-state index contributed by atoms with van der Waals surface area (Å²) < 4.78 is 15.4. The molecular formula is C10H14N2O3. The number of nitrogens with zero attached hydrogens (tertiary/aromatic N) is 1. The molecule has 0 spiro atoms. The highest BCUT2D eigenvalue weighted by molar-refractivity contribution is 5.87. The van der Waals surface area contributed by atoms with Crippen LogP contribution >= 0.6 is 0 Å². The fourth-order valence-electron chi connectivity index (χ4n) is 1.23. The Labute approximate surface area is 88.4 Å². The second-order valence-electron chi connectivity index (χ2n) is 2.72. The van der Waals surface area contributed by atoms with Crippen molar-refractivity contribution >= 4 is 6.21 Å². The van der Waals surface area contributed by atoms with Crippen molar-refractivity contribution in [2.24, 2.45) is 10.9 Å². The maximum absolute atomic E-state index is 5.18. The Bertz CT molecular complexity index is 339. The Morgan fingerprint density at radius 3 is 1.93 bits per heavy atom. The minimum absolute atomic E-state index is 0.598. The first-order valence-electron chi connectivity index (χ1n) is 4.30. The van der Waals surface area contributed by atoms with Crippen molar-refractivity contribution in [3.8, 4) is 17.2 Å². The Kier molecular flexibility index (Phi) is 3.79. The van der Waals surface area contributed by atoms with Crippen LogP contribution in [0.25, 0.3) is 0 Å². The molecule has 0 saturated carbocycles. The lowest BCUT2D eigenvalue weighted by atomic mass is 10.2. The number of rotatable bonds is 4.